The summed E-state index contributed by atoms with van der Waals surface area (Å²) >= 11 is 1.34. The van der Waals surface area contributed by atoms with Crippen molar-refractivity contribution in [1.29, 1.82) is 5.26 Å². The number of carbonyl (C=O) groups excluding carboxylic acids is 2. The number of amides is 2. The van der Waals surface area contributed by atoms with Crippen LogP contribution < -0.4 is 10.6 Å². The molecule has 3 aromatic rings. The number of nitrogens with one attached hydrogen (secondary N) is 2. The van der Waals surface area contributed by atoms with Gasteiger partial charge < -0.3 is 10.6 Å². The molecular weight excluding hydrogens is 386 g/mol. The molecule has 0 fully saturated rings. The number of carbonyl (C=O) groups is 2. The number of benzene rings is 1. The van der Waals surface area contributed by atoms with Crippen molar-refractivity contribution in [3.05, 3.63) is 52.5 Å². The number of aromatic nitrogens is 2. The molecule has 0 saturated carbocycles. The first-order chi connectivity index (χ1) is 13.9. The molecule has 1 aromatic carbocycles. The summed E-state index contributed by atoms with van der Waals surface area (Å²) in [5, 5.41) is 19.5. The summed E-state index contributed by atoms with van der Waals surface area (Å²) in [5.74, 6) is -0.604. The second kappa shape index (κ2) is 8.88. The van der Waals surface area contributed by atoms with Gasteiger partial charge >= 0.3 is 0 Å². The third kappa shape index (κ3) is 4.63. The summed E-state index contributed by atoms with van der Waals surface area (Å²) in [7, 11) is 1.84. The molecule has 0 aliphatic heterocycles. The van der Waals surface area contributed by atoms with Crippen molar-refractivity contribution in [2.45, 2.75) is 32.2 Å². The molecule has 0 unspecified atom stereocenters. The highest BCUT2D eigenvalue weighted by molar-refractivity contribution is 7.20. The predicted octanol–water partition coefficient (Wildman–Crippen LogP) is 2.88. The maximum absolute atomic E-state index is 12.9. The van der Waals surface area contributed by atoms with E-state index in [1.807, 2.05) is 63.4 Å². The third-order valence-electron chi connectivity index (χ3n) is 4.84. The molecule has 0 aliphatic rings. The second-order valence-corrected chi connectivity index (χ2v) is 8.02. The molecule has 8 heteroatoms. The Morgan fingerprint density at radius 3 is 2.69 bits per heavy atom. The van der Waals surface area contributed by atoms with Crippen LogP contribution in [0.3, 0.4) is 0 Å². The molecule has 3 rings (SSSR count). The van der Waals surface area contributed by atoms with Crippen LogP contribution >= 0.6 is 11.3 Å². The van der Waals surface area contributed by atoms with Gasteiger partial charge in [-0.15, -0.1) is 11.3 Å². The van der Waals surface area contributed by atoms with Crippen LogP contribution in [0.4, 0.5) is 0 Å². The number of aryl methyl sites for hydroxylation is 2. The first-order valence-electron chi connectivity index (χ1n) is 9.34. The minimum Gasteiger partial charge on any atom is -0.341 e. The molecule has 2 N–H and O–H groups in total. The van der Waals surface area contributed by atoms with Crippen LogP contribution in [0.5, 0.6) is 0 Å². The fraction of sp³-hybridized carbons (Fsp3) is 0.333. The largest absolute Gasteiger partial charge is 0.341 e. The maximum Gasteiger partial charge on any atom is 0.262 e. The van der Waals surface area contributed by atoms with Crippen LogP contribution in [-0.2, 0) is 11.8 Å². The third-order valence-corrected chi connectivity index (χ3v) is 6.04. The van der Waals surface area contributed by atoms with E-state index in [4.69, 9.17) is 5.26 Å². The van der Waals surface area contributed by atoms with E-state index in [2.05, 4.69) is 15.7 Å². The van der Waals surface area contributed by atoms with Gasteiger partial charge in [0.2, 0.25) is 5.91 Å². The average molecular weight is 410 g/mol. The molecule has 0 spiro atoms. The Bertz CT molecular complexity index is 1030. The monoisotopic (exact) mass is 409 g/mol. The summed E-state index contributed by atoms with van der Waals surface area (Å²) in [6.45, 7) is 3.82. The Labute approximate surface area is 173 Å². The van der Waals surface area contributed by atoms with Gasteiger partial charge in [0.15, 0.2) is 0 Å². The topological polar surface area (TPSA) is 99.8 Å². The van der Waals surface area contributed by atoms with Gasteiger partial charge in [-0.25, -0.2) is 0 Å². The van der Waals surface area contributed by atoms with Crippen molar-refractivity contribution in [2.24, 2.45) is 7.05 Å². The van der Waals surface area contributed by atoms with Crippen molar-refractivity contribution >= 4 is 33.4 Å². The predicted molar refractivity (Wildman–Crippen MR) is 113 cm³/mol. The highest BCUT2D eigenvalue weighted by atomic mass is 32.1. The van der Waals surface area contributed by atoms with E-state index in [1.54, 1.807) is 4.68 Å². The van der Waals surface area contributed by atoms with Gasteiger partial charge in [-0.05, 0) is 30.9 Å². The standard InChI is InChI=1S/C21H23N5O2S/c1-13(15-7-5-4-6-8-15)11-17(19(27)23-10-9-22)24-20(28)18-12-16-14(2)25-26(3)21(16)29-18/h4-8,12-13,17H,10-11H2,1-3H3,(H,23,27)(H,24,28)/t13-,17-/m0/s1. The van der Waals surface area contributed by atoms with Crippen LogP contribution in [0.15, 0.2) is 36.4 Å². The lowest BCUT2D eigenvalue weighted by atomic mass is 9.93. The summed E-state index contributed by atoms with van der Waals surface area (Å²) in [4.78, 5) is 26.9. The van der Waals surface area contributed by atoms with Crippen molar-refractivity contribution < 1.29 is 9.59 Å². The number of thiophene rings is 1. The Morgan fingerprint density at radius 1 is 1.31 bits per heavy atom. The van der Waals surface area contributed by atoms with E-state index in [9.17, 15) is 9.59 Å². The van der Waals surface area contributed by atoms with E-state index in [-0.39, 0.29) is 24.3 Å². The van der Waals surface area contributed by atoms with Gasteiger partial charge in [-0.2, -0.15) is 10.4 Å². The Balaban J connectivity index is 1.79. The van der Waals surface area contributed by atoms with Crippen molar-refractivity contribution in [1.82, 2.24) is 20.4 Å². The SMILES string of the molecule is Cc1nn(C)c2sc(C(=O)N[C@@H](C[C@H](C)c3ccccc3)C(=O)NCC#N)cc12. The van der Waals surface area contributed by atoms with E-state index in [1.165, 1.54) is 11.3 Å². The lowest BCUT2D eigenvalue weighted by Gasteiger charge is -2.21. The van der Waals surface area contributed by atoms with E-state index < -0.39 is 6.04 Å². The second-order valence-electron chi connectivity index (χ2n) is 6.99. The molecular formula is C21H23N5O2S. The van der Waals surface area contributed by atoms with Crippen LogP contribution in [0.1, 0.15) is 40.2 Å². The summed E-state index contributed by atoms with van der Waals surface area (Å²) in [6, 6.07) is 12.8. The van der Waals surface area contributed by atoms with Crippen molar-refractivity contribution in [2.75, 3.05) is 6.54 Å². The zero-order valence-electron chi connectivity index (χ0n) is 16.6. The van der Waals surface area contributed by atoms with E-state index >= 15 is 0 Å². The first-order valence-corrected chi connectivity index (χ1v) is 10.2. The lowest BCUT2D eigenvalue weighted by molar-refractivity contribution is -0.123. The normalized spacial score (nSPS) is 12.9. The first kappa shape index (κ1) is 20.6. The Morgan fingerprint density at radius 2 is 2.03 bits per heavy atom. The number of rotatable bonds is 7. The van der Waals surface area contributed by atoms with Gasteiger partial charge in [0.05, 0.1) is 16.6 Å². The van der Waals surface area contributed by atoms with E-state index in [0.29, 0.717) is 11.3 Å². The van der Waals surface area contributed by atoms with Gasteiger partial charge in [-0.1, -0.05) is 37.3 Å². The fourth-order valence-electron chi connectivity index (χ4n) is 3.30. The quantitative estimate of drug-likeness (QED) is 0.586. The van der Waals surface area contributed by atoms with E-state index in [0.717, 1.165) is 21.5 Å². The molecule has 0 saturated heterocycles. The molecule has 2 amide bonds. The molecule has 0 bridgehead atoms. The summed E-state index contributed by atoms with van der Waals surface area (Å²) in [5.41, 5.74) is 1.95. The molecule has 0 radical (unpaired) electrons. The lowest BCUT2D eigenvalue weighted by Crippen LogP contribution is -2.47. The highest BCUT2D eigenvalue weighted by Crippen LogP contribution is 2.28. The molecule has 2 atom stereocenters. The molecule has 0 aliphatic carbocycles. The van der Waals surface area contributed by atoms with Gasteiger partial charge in [0.25, 0.3) is 5.91 Å². The molecule has 2 heterocycles. The van der Waals surface area contributed by atoms with Crippen LogP contribution in [0.2, 0.25) is 0 Å². The molecule has 150 valence electrons. The highest BCUT2D eigenvalue weighted by Gasteiger charge is 2.25. The minimum absolute atomic E-state index is 0.0585. The Kier molecular flexibility index (Phi) is 6.29. The molecule has 29 heavy (non-hydrogen) atoms. The average Bonchev–Trinajstić information content (AvgIpc) is 3.27. The maximum atomic E-state index is 12.9. The number of nitrogens with zero attached hydrogens (tertiary/aromatic N) is 3. The van der Waals surface area contributed by atoms with Crippen LogP contribution in [-0.4, -0.2) is 34.2 Å². The minimum atomic E-state index is -0.740. The Hall–Kier alpha value is -3.18. The van der Waals surface area contributed by atoms with Crippen molar-refractivity contribution in [3.8, 4) is 6.07 Å². The number of hydrogen-bond acceptors (Lipinski definition) is 5. The zero-order chi connectivity index (χ0) is 21.0. The molecule has 2 aromatic heterocycles. The van der Waals surface area contributed by atoms with Gasteiger partial charge in [0.1, 0.15) is 17.4 Å². The smallest absolute Gasteiger partial charge is 0.262 e. The van der Waals surface area contributed by atoms with Crippen molar-refractivity contribution in [3.63, 3.8) is 0 Å². The number of hydrogen-bond donors (Lipinski definition) is 2. The summed E-state index contributed by atoms with van der Waals surface area (Å²) in [6.07, 6.45) is 0.429. The van der Waals surface area contributed by atoms with Crippen LogP contribution in [0, 0.1) is 18.3 Å². The zero-order valence-corrected chi connectivity index (χ0v) is 17.4. The fourth-order valence-corrected chi connectivity index (χ4v) is 4.33. The van der Waals surface area contributed by atoms with Gasteiger partial charge in [0, 0.05) is 12.4 Å². The summed E-state index contributed by atoms with van der Waals surface area (Å²) < 4.78 is 1.75. The number of fused-ring (bicyclic) bond motifs is 1. The number of nitriles is 1. The van der Waals surface area contributed by atoms with Gasteiger partial charge in [-0.3, -0.25) is 14.3 Å². The van der Waals surface area contributed by atoms with Crippen LogP contribution in [0.25, 0.3) is 10.2 Å². The molecule has 7 nitrogen and oxygen atoms in total.